The molecule has 1 N–H and O–H groups in total. The highest BCUT2D eigenvalue weighted by Crippen LogP contribution is 2.38. The predicted octanol–water partition coefficient (Wildman–Crippen LogP) is 2.24. The summed E-state index contributed by atoms with van der Waals surface area (Å²) in [6, 6.07) is 11.1. The van der Waals surface area contributed by atoms with Crippen LogP contribution in [0.5, 0.6) is 5.75 Å². The summed E-state index contributed by atoms with van der Waals surface area (Å²) in [5.41, 5.74) is 0.289. The average Bonchev–Trinajstić information content (AvgIpc) is 3.19. The van der Waals surface area contributed by atoms with Crippen molar-refractivity contribution in [2.75, 3.05) is 20.8 Å². The quantitative estimate of drug-likeness (QED) is 0.718. The average molecular weight is 417 g/mol. The van der Waals surface area contributed by atoms with E-state index >= 15 is 0 Å². The normalized spacial score (nSPS) is 16.9. The highest BCUT2D eigenvalue weighted by molar-refractivity contribution is 7.89. The number of carboxylic acid groups (broad SMARTS) is 1. The van der Waals surface area contributed by atoms with Crippen molar-refractivity contribution in [1.82, 2.24) is 4.31 Å². The third-order valence-electron chi connectivity index (χ3n) is 4.63. The van der Waals surface area contributed by atoms with E-state index in [9.17, 15) is 23.1 Å². The topological polar surface area (TPSA) is 110 Å². The molecule has 0 aromatic heterocycles. The number of rotatable bonds is 6. The molecule has 2 aromatic rings. The molecule has 2 aromatic carbocycles. The zero-order valence-electron chi connectivity index (χ0n) is 15.7. The number of sulfonamides is 1. The number of carbonyl (C=O) groups excluding carboxylic acids is 1. The van der Waals surface area contributed by atoms with Crippen molar-refractivity contribution < 1.29 is 32.6 Å². The maximum absolute atomic E-state index is 13.4. The number of benzene rings is 2. The van der Waals surface area contributed by atoms with Gasteiger partial charge in [-0.2, -0.15) is 4.31 Å². The zero-order chi connectivity index (χ0) is 21.2. The van der Waals surface area contributed by atoms with Crippen molar-refractivity contribution in [2.45, 2.75) is 10.9 Å². The van der Waals surface area contributed by atoms with Crippen molar-refractivity contribution in [3.8, 4) is 5.75 Å². The van der Waals surface area contributed by atoms with Crippen LogP contribution in [0, 0.1) is 0 Å². The predicted molar refractivity (Wildman–Crippen MR) is 103 cm³/mol. The molecule has 1 aliphatic heterocycles. The lowest BCUT2D eigenvalue weighted by atomic mass is 10.0. The largest absolute Gasteiger partial charge is 0.497 e. The highest BCUT2D eigenvalue weighted by atomic mass is 32.2. The maximum atomic E-state index is 13.4. The second kappa shape index (κ2) is 8.06. The molecule has 0 saturated heterocycles. The lowest BCUT2D eigenvalue weighted by Crippen LogP contribution is -2.34. The summed E-state index contributed by atoms with van der Waals surface area (Å²) < 4.78 is 37.7. The highest BCUT2D eigenvalue weighted by Gasteiger charge is 2.41. The Balaban J connectivity index is 2.11. The van der Waals surface area contributed by atoms with Gasteiger partial charge in [-0.25, -0.2) is 18.0 Å². The number of methoxy groups -OCH3 is 2. The molecule has 0 spiro atoms. The van der Waals surface area contributed by atoms with E-state index in [1.165, 1.54) is 37.5 Å². The first-order valence-electron chi connectivity index (χ1n) is 8.57. The summed E-state index contributed by atoms with van der Waals surface area (Å²) in [5.74, 6) is -1.46. The Morgan fingerprint density at radius 2 is 1.72 bits per heavy atom. The monoisotopic (exact) mass is 417 g/mol. The summed E-state index contributed by atoms with van der Waals surface area (Å²) >= 11 is 0. The van der Waals surface area contributed by atoms with Gasteiger partial charge in [0.15, 0.2) is 0 Å². The number of carbonyl (C=O) groups is 2. The zero-order valence-corrected chi connectivity index (χ0v) is 16.5. The molecule has 1 unspecified atom stereocenters. The minimum absolute atomic E-state index is 0.0608. The summed E-state index contributed by atoms with van der Waals surface area (Å²) in [4.78, 5) is 23.6. The van der Waals surface area contributed by atoms with Crippen molar-refractivity contribution in [3.05, 3.63) is 71.3 Å². The van der Waals surface area contributed by atoms with Gasteiger partial charge in [0.1, 0.15) is 5.75 Å². The van der Waals surface area contributed by atoms with Crippen LogP contribution >= 0.6 is 0 Å². The Kier molecular flexibility index (Phi) is 5.71. The smallest absolute Gasteiger partial charge is 0.339 e. The Hall–Kier alpha value is -3.17. The third kappa shape index (κ3) is 3.74. The van der Waals surface area contributed by atoms with E-state index in [2.05, 4.69) is 4.74 Å². The second-order valence-corrected chi connectivity index (χ2v) is 8.06. The number of aliphatic carboxylic acids is 1. The number of ether oxygens (including phenoxy) is 2. The van der Waals surface area contributed by atoms with E-state index in [1.807, 2.05) is 0 Å². The second-order valence-electron chi connectivity index (χ2n) is 6.20. The SMILES string of the molecule is COC(=O)c1ccccc1S(=O)(=O)N1CC=C(C(=O)O)C1c1ccc(OC)cc1. The molecule has 152 valence electrons. The fraction of sp³-hybridized carbons (Fsp3) is 0.200. The first kappa shape index (κ1) is 20.6. The fourth-order valence-corrected chi connectivity index (χ4v) is 4.95. The molecular weight excluding hydrogens is 398 g/mol. The van der Waals surface area contributed by atoms with Gasteiger partial charge in [-0.1, -0.05) is 30.3 Å². The van der Waals surface area contributed by atoms with Crippen molar-refractivity contribution in [3.63, 3.8) is 0 Å². The molecule has 1 aliphatic rings. The van der Waals surface area contributed by atoms with Gasteiger partial charge in [0.25, 0.3) is 0 Å². The van der Waals surface area contributed by atoms with Gasteiger partial charge in [0, 0.05) is 6.54 Å². The maximum Gasteiger partial charge on any atom is 0.339 e. The van der Waals surface area contributed by atoms with Crippen LogP contribution in [-0.2, 0) is 19.6 Å². The molecule has 29 heavy (non-hydrogen) atoms. The van der Waals surface area contributed by atoms with E-state index in [0.717, 1.165) is 11.4 Å². The van der Waals surface area contributed by atoms with Crippen molar-refractivity contribution in [2.24, 2.45) is 0 Å². The molecule has 0 radical (unpaired) electrons. The standard InChI is InChI=1S/C20H19NO7S/c1-27-14-9-7-13(8-10-14)18-16(19(22)23)11-12-21(18)29(25,26)17-6-4-3-5-15(17)20(24)28-2/h3-11,18H,12H2,1-2H3,(H,22,23). The Bertz CT molecular complexity index is 1070. The molecule has 0 aliphatic carbocycles. The van der Waals surface area contributed by atoms with E-state index < -0.39 is 28.0 Å². The first-order chi connectivity index (χ1) is 13.8. The number of carboxylic acids is 1. The number of hydrogen-bond donors (Lipinski definition) is 1. The van der Waals surface area contributed by atoms with E-state index in [0.29, 0.717) is 11.3 Å². The van der Waals surface area contributed by atoms with Gasteiger partial charge in [-0.15, -0.1) is 0 Å². The summed E-state index contributed by atoms with van der Waals surface area (Å²) in [6.45, 7) is -0.143. The van der Waals surface area contributed by atoms with Crippen LogP contribution in [0.4, 0.5) is 0 Å². The Labute approximate surface area is 168 Å². The molecule has 1 atom stereocenters. The molecule has 0 bridgehead atoms. The molecular formula is C20H19NO7S. The van der Waals surface area contributed by atoms with E-state index in [1.54, 1.807) is 24.3 Å². The van der Waals surface area contributed by atoms with Crippen LogP contribution in [0.25, 0.3) is 0 Å². The Morgan fingerprint density at radius 1 is 1.07 bits per heavy atom. The van der Waals surface area contributed by atoms with Crippen molar-refractivity contribution in [1.29, 1.82) is 0 Å². The summed E-state index contributed by atoms with van der Waals surface area (Å²) in [6.07, 6.45) is 1.36. The van der Waals surface area contributed by atoms with Crippen LogP contribution < -0.4 is 4.74 Å². The number of nitrogens with zero attached hydrogens (tertiary/aromatic N) is 1. The lowest BCUT2D eigenvalue weighted by molar-refractivity contribution is -0.133. The molecule has 3 rings (SSSR count). The van der Waals surface area contributed by atoms with Gasteiger partial charge in [0.05, 0.1) is 36.3 Å². The molecule has 0 saturated carbocycles. The van der Waals surface area contributed by atoms with Crippen LogP contribution in [0.15, 0.2) is 65.1 Å². The first-order valence-corrected chi connectivity index (χ1v) is 10.0. The molecule has 1 heterocycles. The van der Waals surface area contributed by atoms with Crippen LogP contribution in [0.3, 0.4) is 0 Å². The van der Waals surface area contributed by atoms with Gasteiger partial charge in [0.2, 0.25) is 10.0 Å². The molecule has 9 heteroatoms. The van der Waals surface area contributed by atoms with E-state index in [-0.39, 0.29) is 22.6 Å². The van der Waals surface area contributed by atoms with Gasteiger partial charge >= 0.3 is 11.9 Å². The van der Waals surface area contributed by atoms with Gasteiger partial charge < -0.3 is 14.6 Å². The summed E-state index contributed by atoms with van der Waals surface area (Å²) in [7, 11) is -1.57. The molecule has 0 fully saturated rings. The Morgan fingerprint density at radius 3 is 2.31 bits per heavy atom. The van der Waals surface area contributed by atoms with Crippen LogP contribution in [0.1, 0.15) is 22.0 Å². The minimum Gasteiger partial charge on any atom is -0.497 e. The minimum atomic E-state index is -4.22. The molecule has 8 nitrogen and oxygen atoms in total. The number of esters is 1. The summed E-state index contributed by atoms with van der Waals surface area (Å²) in [5, 5.41) is 9.59. The van der Waals surface area contributed by atoms with Crippen LogP contribution in [-0.4, -0.2) is 50.5 Å². The lowest BCUT2D eigenvalue weighted by Gasteiger charge is -2.26. The number of hydrogen-bond acceptors (Lipinski definition) is 6. The van der Waals surface area contributed by atoms with Gasteiger partial charge in [-0.05, 0) is 29.8 Å². The molecule has 0 amide bonds. The van der Waals surface area contributed by atoms with E-state index in [4.69, 9.17) is 4.74 Å². The fourth-order valence-electron chi connectivity index (χ4n) is 3.23. The van der Waals surface area contributed by atoms with Crippen molar-refractivity contribution >= 4 is 22.0 Å². The van der Waals surface area contributed by atoms with Crippen LogP contribution in [0.2, 0.25) is 0 Å². The van der Waals surface area contributed by atoms with Gasteiger partial charge in [-0.3, -0.25) is 0 Å². The third-order valence-corrected chi connectivity index (χ3v) is 6.52.